The van der Waals surface area contributed by atoms with E-state index in [1.54, 1.807) is 0 Å². The standard InChI is InChI=1S/C14H17N3O/c1-10-8-11(9-15)2-3-13(10)17-6-4-12(5-7-17)14(16)18/h2-3,8,12H,4-7H2,1H3,(H2,16,18). The number of piperidine rings is 1. The number of carbonyl (C=O) groups is 1. The molecule has 2 rings (SSSR count). The maximum Gasteiger partial charge on any atom is 0.220 e. The van der Waals surface area contributed by atoms with Gasteiger partial charge in [0.2, 0.25) is 5.91 Å². The lowest BCUT2D eigenvalue weighted by Crippen LogP contribution is -2.38. The average molecular weight is 243 g/mol. The number of aryl methyl sites for hydroxylation is 1. The van der Waals surface area contributed by atoms with Crippen LogP contribution in [-0.2, 0) is 4.79 Å². The number of carbonyl (C=O) groups excluding carboxylic acids is 1. The summed E-state index contributed by atoms with van der Waals surface area (Å²) >= 11 is 0. The number of amides is 1. The van der Waals surface area contributed by atoms with Gasteiger partial charge in [0.25, 0.3) is 0 Å². The van der Waals surface area contributed by atoms with Crippen LogP contribution in [0.1, 0.15) is 24.0 Å². The summed E-state index contributed by atoms with van der Waals surface area (Å²) in [6, 6.07) is 7.86. The van der Waals surface area contributed by atoms with E-state index in [0.29, 0.717) is 5.56 Å². The number of benzene rings is 1. The summed E-state index contributed by atoms with van der Waals surface area (Å²) in [6.45, 7) is 3.71. The van der Waals surface area contributed by atoms with Crippen molar-refractivity contribution in [1.29, 1.82) is 5.26 Å². The highest BCUT2D eigenvalue weighted by Gasteiger charge is 2.23. The van der Waals surface area contributed by atoms with Crippen molar-refractivity contribution < 1.29 is 4.79 Å². The molecule has 1 aromatic rings. The monoisotopic (exact) mass is 243 g/mol. The molecule has 1 aromatic carbocycles. The molecular formula is C14H17N3O. The topological polar surface area (TPSA) is 70.1 Å². The fraction of sp³-hybridized carbons (Fsp3) is 0.429. The first kappa shape index (κ1) is 12.4. The van der Waals surface area contributed by atoms with Crippen molar-refractivity contribution in [2.45, 2.75) is 19.8 Å². The second kappa shape index (κ2) is 5.09. The molecule has 4 nitrogen and oxygen atoms in total. The van der Waals surface area contributed by atoms with Gasteiger partial charge >= 0.3 is 0 Å². The minimum absolute atomic E-state index is 0.0138. The highest BCUT2D eigenvalue weighted by molar-refractivity contribution is 5.77. The Morgan fingerprint density at radius 1 is 1.44 bits per heavy atom. The molecule has 0 aliphatic carbocycles. The van der Waals surface area contributed by atoms with E-state index < -0.39 is 0 Å². The van der Waals surface area contributed by atoms with E-state index in [-0.39, 0.29) is 11.8 Å². The van der Waals surface area contributed by atoms with Crippen molar-refractivity contribution in [3.63, 3.8) is 0 Å². The minimum Gasteiger partial charge on any atom is -0.371 e. The lowest BCUT2D eigenvalue weighted by molar-refractivity contribution is -0.122. The first-order valence-corrected chi connectivity index (χ1v) is 6.17. The van der Waals surface area contributed by atoms with E-state index in [2.05, 4.69) is 11.0 Å². The molecule has 0 radical (unpaired) electrons. The molecule has 0 spiro atoms. The van der Waals surface area contributed by atoms with Gasteiger partial charge < -0.3 is 10.6 Å². The Balaban J connectivity index is 2.10. The van der Waals surface area contributed by atoms with Gasteiger partial charge in [0.15, 0.2) is 0 Å². The molecule has 0 aromatic heterocycles. The van der Waals surface area contributed by atoms with E-state index in [0.717, 1.165) is 37.2 Å². The molecule has 1 amide bonds. The second-order valence-corrected chi connectivity index (χ2v) is 4.78. The maximum absolute atomic E-state index is 11.1. The molecule has 0 bridgehead atoms. The van der Waals surface area contributed by atoms with Gasteiger partial charge in [-0.3, -0.25) is 4.79 Å². The van der Waals surface area contributed by atoms with Crippen LogP contribution in [0.15, 0.2) is 18.2 Å². The minimum atomic E-state index is -0.189. The van der Waals surface area contributed by atoms with Crippen LogP contribution in [0, 0.1) is 24.2 Å². The third-order valence-corrected chi connectivity index (χ3v) is 3.56. The van der Waals surface area contributed by atoms with Gasteiger partial charge in [-0.1, -0.05) is 0 Å². The number of rotatable bonds is 2. The molecular weight excluding hydrogens is 226 g/mol. The van der Waals surface area contributed by atoms with Gasteiger partial charge in [-0.2, -0.15) is 5.26 Å². The third kappa shape index (κ3) is 2.45. The summed E-state index contributed by atoms with van der Waals surface area (Å²) in [5, 5.41) is 8.84. The van der Waals surface area contributed by atoms with Crippen LogP contribution in [0.3, 0.4) is 0 Å². The average Bonchev–Trinajstić information content (AvgIpc) is 2.38. The Bertz CT molecular complexity index is 496. The highest BCUT2D eigenvalue weighted by atomic mass is 16.1. The lowest BCUT2D eigenvalue weighted by Gasteiger charge is -2.33. The SMILES string of the molecule is Cc1cc(C#N)ccc1N1CCC(C(N)=O)CC1. The van der Waals surface area contributed by atoms with Crippen molar-refractivity contribution in [3.8, 4) is 6.07 Å². The summed E-state index contributed by atoms with van der Waals surface area (Å²) in [5.41, 5.74) is 8.26. The molecule has 0 unspecified atom stereocenters. The first-order chi connectivity index (χ1) is 8.61. The zero-order valence-electron chi connectivity index (χ0n) is 10.5. The van der Waals surface area contributed by atoms with Gasteiger partial charge in [0.05, 0.1) is 11.6 Å². The molecule has 94 valence electrons. The van der Waals surface area contributed by atoms with Crippen LogP contribution in [0.2, 0.25) is 0 Å². The van der Waals surface area contributed by atoms with Crippen LogP contribution in [-0.4, -0.2) is 19.0 Å². The lowest BCUT2D eigenvalue weighted by atomic mass is 9.95. The van der Waals surface area contributed by atoms with Crippen LogP contribution in [0.4, 0.5) is 5.69 Å². The number of nitriles is 1. The zero-order chi connectivity index (χ0) is 13.1. The molecule has 4 heteroatoms. The van der Waals surface area contributed by atoms with Crippen LogP contribution >= 0.6 is 0 Å². The van der Waals surface area contributed by atoms with Gasteiger partial charge in [0.1, 0.15) is 0 Å². The first-order valence-electron chi connectivity index (χ1n) is 6.17. The Labute approximate surface area is 107 Å². The predicted molar refractivity (Wildman–Crippen MR) is 70.0 cm³/mol. The summed E-state index contributed by atoms with van der Waals surface area (Å²) < 4.78 is 0. The van der Waals surface area contributed by atoms with Crippen LogP contribution < -0.4 is 10.6 Å². The van der Waals surface area contributed by atoms with E-state index >= 15 is 0 Å². The molecule has 1 aliphatic rings. The summed E-state index contributed by atoms with van der Waals surface area (Å²) in [7, 11) is 0. The zero-order valence-corrected chi connectivity index (χ0v) is 10.5. The van der Waals surface area contributed by atoms with Gasteiger partial charge in [-0.05, 0) is 43.5 Å². The number of nitrogens with two attached hydrogens (primary N) is 1. The second-order valence-electron chi connectivity index (χ2n) is 4.78. The number of primary amides is 1. The highest BCUT2D eigenvalue weighted by Crippen LogP contribution is 2.26. The Kier molecular flexibility index (Phi) is 3.52. The number of nitrogens with zero attached hydrogens (tertiary/aromatic N) is 2. The smallest absolute Gasteiger partial charge is 0.220 e. The maximum atomic E-state index is 11.1. The van der Waals surface area contributed by atoms with Crippen molar-refractivity contribution in [1.82, 2.24) is 0 Å². The number of hydrogen-bond donors (Lipinski definition) is 1. The molecule has 1 aliphatic heterocycles. The normalized spacial score (nSPS) is 16.3. The van der Waals surface area contributed by atoms with Crippen molar-refractivity contribution in [2.75, 3.05) is 18.0 Å². The molecule has 1 heterocycles. The third-order valence-electron chi connectivity index (χ3n) is 3.56. The Morgan fingerprint density at radius 3 is 2.61 bits per heavy atom. The van der Waals surface area contributed by atoms with Gasteiger partial charge in [-0.15, -0.1) is 0 Å². The molecule has 2 N–H and O–H groups in total. The summed E-state index contributed by atoms with van der Waals surface area (Å²) in [6.07, 6.45) is 1.63. The quantitative estimate of drug-likeness (QED) is 0.857. The Hall–Kier alpha value is -2.02. The fourth-order valence-electron chi connectivity index (χ4n) is 2.48. The number of hydrogen-bond acceptors (Lipinski definition) is 3. The molecule has 0 atom stereocenters. The Morgan fingerprint density at radius 2 is 2.11 bits per heavy atom. The van der Waals surface area contributed by atoms with Crippen molar-refractivity contribution in [3.05, 3.63) is 29.3 Å². The van der Waals surface area contributed by atoms with Crippen molar-refractivity contribution in [2.24, 2.45) is 11.7 Å². The van der Waals surface area contributed by atoms with Gasteiger partial charge in [0, 0.05) is 24.7 Å². The van der Waals surface area contributed by atoms with Crippen LogP contribution in [0.25, 0.3) is 0 Å². The number of anilines is 1. The van der Waals surface area contributed by atoms with E-state index in [4.69, 9.17) is 11.0 Å². The fourth-order valence-corrected chi connectivity index (χ4v) is 2.48. The largest absolute Gasteiger partial charge is 0.371 e. The molecule has 1 fully saturated rings. The predicted octanol–water partition coefficient (Wildman–Crippen LogP) is 1.57. The summed E-state index contributed by atoms with van der Waals surface area (Å²) in [4.78, 5) is 13.4. The van der Waals surface area contributed by atoms with Crippen LogP contribution in [0.5, 0.6) is 0 Å². The van der Waals surface area contributed by atoms with E-state index in [1.165, 1.54) is 0 Å². The molecule has 18 heavy (non-hydrogen) atoms. The van der Waals surface area contributed by atoms with Crippen molar-refractivity contribution >= 4 is 11.6 Å². The van der Waals surface area contributed by atoms with E-state index in [1.807, 2.05) is 25.1 Å². The van der Waals surface area contributed by atoms with E-state index in [9.17, 15) is 4.79 Å². The molecule has 1 saturated heterocycles. The van der Waals surface area contributed by atoms with Gasteiger partial charge in [-0.25, -0.2) is 0 Å². The summed E-state index contributed by atoms with van der Waals surface area (Å²) in [5.74, 6) is -0.175. The molecule has 0 saturated carbocycles.